The van der Waals surface area contributed by atoms with Gasteiger partial charge in [-0.15, -0.1) is 0 Å². The summed E-state index contributed by atoms with van der Waals surface area (Å²) in [7, 11) is 0. The first-order chi connectivity index (χ1) is 9.79. The van der Waals surface area contributed by atoms with Gasteiger partial charge in [-0.25, -0.2) is 0 Å². The van der Waals surface area contributed by atoms with Crippen molar-refractivity contribution in [2.45, 2.75) is 46.2 Å². The van der Waals surface area contributed by atoms with Gasteiger partial charge in [0.15, 0.2) is 0 Å². The van der Waals surface area contributed by atoms with Gasteiger partial charge in [0.25, 0.3) is 0 Å². The van der Waals surface area contributed by atoms with Crippen LogP contribution in [0.1, 0.15) is 33.3 Å². The molecule has 4 heteroatoms. The second-order valence-corrected chi connectivity index (χ2v) is 6.77. The maximum Gasteiger partial charge on any atom is 0.237 e. The van der Waals surface area contributed by atoms with Gasteiger partial charge in [0.05, 0.1) is 6.04 Å². The molecule has 21 heavy (non-hydrogen) atoms. The molecule has 0 aliphatic heterocycles. The SMILES string of the molecule is CC(NC(=O)[C@@H](N)Cc1c[nH]c2ccccc12)C(C)(C)C. The Bertz CT molecular complexity index is 624. The molecular formula is C17H25N3O. The largest absolute Gasteiger partial charge is 0.361 e. The molecule has 2 rings (SSSR count). The summed E-state index contributed by atoms with van der Waals surface area (Å²) in [6, 6.07) is 7.59. The van der Waals surface area contributed by atoms with Crippen LogP contribution in [-0.4, -0.2) is 23.0 Å². The number of fused-ring (bicyclic) bond motifs is 1. The molecular weight excluding hydrogens is 262 g/mol. The molecule has 1 aromatic heterocycles. The van der Waals surface area contributed by atoms with E-state index in [2.05, 4.69) is 31.1 Å². The fraction of sp³-hybridized carbons (Fsp3) is 0.471. The number of amides is 1. The van der Waals surface area contributed by atoms with Crippen molar-refractivity contribution in [3.8, 4) is 0 Å². The molecule has 1 heterocycles. The van der Waals surface area contributed by atoms with E-state index in [4.69, 9.17) is 5.73 Å². The van der Waals surface area contributed by atoms with Crippen LogP contribution in [0.2, 0.25) is 0 Å². The highest BCUT2D eigenvalue weighted by molar-refractivity contribution is 5.86. The van der Waals surface area contributed by atoms with E-state index >= 15 is 0 Å². The fourth-order valence-corrected chi connectivity index (χ4v) is 2.17. The number of hydrogen-bond acceptors (Lipinski definition) is 2. The summed E-state index contributed by atoms with van der Waals surface area (Å²) < 4.78 is 0. The number of nitrogens with two attached hydrogens (primary N) is 1. The molecule has 2 atom stereocenters. The van der Waals surface area contributed by atoms with E-state index in [-0.39, 0.29) is 17.4 Å². The third-order valence-corrected chi connectivity index (χ3v) is 4.11. The first-order valence-electron chi connectivity index (χ1n) is 7.40. The highest BCUT2D eigenvalue weighted by atomic mass is 16.2. The van der Waals surface area contributed by atoms with Crippen molar-refractivity contribution in [2.24, 2.45) is 11.1 Å². The van der Waals surface area contributed by atoms with Gasteiger partial charge in [-0.05, 0) is 30.4 Å². The topological polar surface area (TPSA) is 70.9 Å². The van der Waals surface area contributed by atoms with Crippen LogP contribution in [-0.2, 0) is 11.2 Å². The van der Waals surface area contributed by atoms with Crippen LogP contribution in [0, 0.1) is 5.41 Å². The Morgan fingerprint density at radius 2 is 2.00 bits per heavy atom. The number of aromatic amines is 1. The average Bonchev–Trinajstić information content (AvgIpc) is 2.81. The van der Waals surface area contributed by atoms with E-state index in [0.717, 1.165) is 16.5 Å². The summed E-state index contributed by atoms with van der Waals surface area (Å²) >= 11 is 0. The number of aromatic nitrogens is 1. The van der Waals surface area contributed by atoms with E-state index in [1.807, 2.05) is 37.4 Å². The predicted molar refractivity (Wildman–Crippen MR) is 87.0 cm³/mol. The Morgan fingerprint density at radius 3 is 2.67 bits per heavy atom. The Kier molecular flexibility index (Phi) is 4.37. The lowest BCUT2D eigenvalue weighted by molar-refractivity contribution is -0.123. The van der Waals surface area contributed by atoms with E-state index in [1.165, 1.54) is 0 Å². The van der Waals surface area contributed by atoms with E-state index in [0.29, 0.717) is 6.42 Å². The average molecular weight is 287 g/mol. The minimum atomic E-state index is -0.533. The Morgan fingerprint density at radius 1 is 1.33 bits per heavy atom. The van der Waals surface area contributed by atoms with E-state index in [1.54, 1.807) is 0 Å². The zero-order valence-corrected chi connectivity index (χ0v) is 13.2. The van der Waals surface area contributed by atoms with Gasteiger partial charge >= 0.3 is 0 Å². The molecule has 114 valence electrons. The van der Waals surface area contributed by atoms with Crippen molar-refractivity contribution in [1.29, 1.82) is 0 Å². The molecule has 2 aromatic rings. The minimum absolute atomic E-state index is 0.0240. The quantitative estimate of drug-likeness (QED) is 0.809. The Hall–Kier alpha value is -1.81. The van der Waals surface area contributed by atoms with Gasteiger partial charge in [-0.3, -0.25) is 4.79 Å². The van der Waals surface area contributed by atoms with Crippen LogP contribution < -0.4 is 11.1 Å². The third-order valence-electron chi connectivity index (χ3n) is 4.11. The molecule has 0 radical (unpaired) electrons. The molecule has 0 aliphatic rings. The lowest BCUT2D eigenvalue weighted by Crippen LogP contribution is -2.49. The highest BCUT2D eigenvalue weighted by Gasteiger charge is 2.24. The molecule has 0 fully saturated rings. The molecule has 0 aliphatic carbocycles. The number of benzene rings is 1. The van der Waals surface area contributed by atoms with Gasteiger partial charge in [-0.1, -0.05) is 39.0 Å². The number of para-hydroxylation sites is 1. The number of hydrogen-bond donors (Lipinski definition) is 3. The highest BCUT2D eigenvalue weighted by Crippen LogP contribution is 2.20. The van der Waals surface area contributed by atoms with Gasteiger partial charge in [-0.2, -0.15) is 0 Å². The second-order valence-electron chi connectivity index (χ2n) is 6.77. The molecule has 0 saturated heterocycles. The molecule has 4 N–H and O–H groups in total. The zero-order valence-electron chi connectivity index (χ0n) is 13.2. The van der Waals surface area contributed by atoms with Crippen molar-refractivity contribution < 1.29 is 4.79 Å². The predicted octanol–water partition coefficient (Wildman–Crippen LogP) is 2.59. The van der Waals surface area contributed by atoms with Crippen molar-refractivity contribution >= 4 is 16.8 Å². The summed E-state index contributed by atoms with van der Waals surface area (Å²) in [5.74, 6) is -0.0947. The molecule has 0 saturated carbocycles. The second kappa shape index (κ2) is 5.90. The standard InChI is InChI=1S/C17H25N3O/c1-11(17(2,3)4)20-16(21)14(18)9-12-10-19-15-8-6-5-7-13(12)15/h5-8,10-11,14,19H,9,18H2,1-4H3,(H,20,21)/t11?,14-/m0/s1. The normalized spacial score (nSPS) is 14.9. The maximum atomic E-state index is 12.2. The molecule has 0 spiro atoms. The van der Waals surface area contributed by atoms with Crippen LogP contribution in [0.5, 0.6) is 0 Å². The lowest BCUT2D eigenvalue weighted by atomic mass is 9.88. The number of carbonyl (C=O) groups is 1. The number of nitrogens with one attached hydrogen (secondary N) is 2. The minimum Gasteiger partial charge on any atom is -0.361 e. The van der Waals surface area contributed by atoms with Crippen molar-refractivity contribution in [3.63, 3.8) is 0 Å². The maximum absolute atomic E-state index is 12.2. The molecule has 0 bridgehead atoms. The van der Waals surface area contributed by atoms with Gasteiger partial charge < -0.3 is 16.0 Å². The van der Waals surface area contributed by atoms with Gasteiger partial charge in [0, 0.05) is 23.1 Å². The van der Waals surface area contributed by atoms with Gasteiger partial charge in [0.1, 0.15) is 0 Å². The van der Waals surface area contributed by atoms with Crippen LogP contribution in [0.3, 0.4) is 0 Å². The van der Waals surface area contributed by atoms with E-state index < -0.39 is 6.04 Å². The molecule has 1 unspecified atom stereocenters. The lowest BCUT2D eigenvalue weighted by Gasteiger charge is -2.29. The Labute approximate surface area is 126 Å². The summed E-state index contributed by atoms with van der Waals surface area (Å²) in [5.41, 5.74) is 8.24. The van der Waals surface area contributed by atoms with Crippen molar-refractivity contribution in [3.05, 3.63) is 36.0 Å². The smallest absolute Gasteiger partial charge is 0.237 e. The van der Waals surface area contributed by atoms with Crippen LogP contribution in [0.4, 0.5) is 0 Å². The summed E-state index contributed by atoms with van der Waals surface area (Å²) in [4.78, 5) is 15.4. The summed E-state index contributed by atoms with van der Waals surface area (Å²) in [6.45, 7) is 8.31. The number of H-pyrrole nitrogens is 1. The first kappa shape index (κ1) is 15.6. The Balaban J connectivity index is 2.04. The zero-order chi connectivity index (χ0) is 15.6. The van der Waals surface area contributed by atoms with Crippen molar-refractivity contribution in [1.82, 2.24) is 10.3 Å². The molecule has 4 nitrogen and oxygen atoms in total. The van der Waals surface area contributed by atoms with Crippen LogP contribution in [0.25, 0.3) is 10.9 Å². The third kappa shape index (κ3) is 3.64. The van der Waals surface area contributed by atoms with E-state index in [9.17, 15) is 4.79 Å². The molecule has 1 amide bonds. The first-order valence-corrected chi connectivity index (χ1v) is 7.40. The van der Waals surface area contributed by atoms with Crippen LogP contribution in [0.15, 0.2) is 30.5 Å². The molecule has 1 aromatic carbocycles. The summed E-state index contributed by atoms with van der Waals surface area (Å²) in [6.07, 6.45) is 2.47. The summed E-state index contributed by atoms with van der Waals surface area (Å²) in [5, 5.41) is 4.14. The number of rotatable bonds is 4. The fourth-order valence-electron chi connectivity index (χ4n) is 2.17. The van der Waals surface area contributed by atoms with Crippen molar-refractivity contribution in [2.75, 3.05) is 0 Å². The van der Waals surface area contributed by atoms with Crippen LogP contribution >= 0.6 is 0 Å². The number of carbonyl (C=O) groups excluding carboxylic acids is 1. The van der Waals surface area contributed by atoms with Gasteiger partial charge in [0.2, 0.25) is 5.91 Å². The monoisotopic (exact) mass is 287 g/mol.